The van der Waals surface area contributed by atoms with E-state index in [9.17, 15) is 4.79 Å². The Labute approximate surface area is 102 Å². The SMILES string of the molecule is COC(=O)Cc1ccc(OC(C)(C)CN)cc1. The first kappa shape index (κ1) is 13.5. The van der Waals surface area contributed by atoms with Gasteiger partial charge in [0.15, 0.2) is 0 Å². The smallest absolute Gasteiger partial charge is 0.309 e. The molecule has 0 radical (unpaired) electrons. The number of methoxy groups -OCH3 is 1. The van der Waals surface area contributed by atoms with Gasteiger partial charge in [-0.25, -0.2) is 0 Å². The van der Waals surface area contributed by atoms with Crippen molar-refractivity contribution in [3.63, 3.8) is 0 Å². The number of ether oxygens (including phenoxy) is 2. The fraction of sp³-hybridized carbons (Fsp3) is 0.462. The molecule has 0 spiro atoms. The number of nitrogens with two attached hydrogens (primary N) is 1. The third-order valence-corrected chi connectivity index (χ3v) is 2.39. The molecule has 1 aromatic rings. The number of esters is 1. The molecule has 1 rings (SSSR count). The third-order valence-electron chi connectivity index (χ3n) is 2.39. The van der Waals surface area contributed by atoms with E-state index in [4.69, 9.17) is 10.5 Å². The summed E-state index contributed by atoms with van der Waals surface area (Å²) in [6.07, 6.45) is 0.275. The molecule has 4 heteroatoms. The van der Waals surface area contributed by atoms with Crippen molar-refractivity contribution in [2.45, 2.75) is 25.9 Å². The van der Waals surface area contributed by atoms with Crippen molar-refractivity contribution in [3.8, 4) is 5.75 Å². The van der Waals surface area contributed by atoms with Crippen molar-refractivity contribution in [2.24, 2.45) is 5.73 Å². The predicted octanol–water partition coefficient (Wildman–Crippen LogP) is 1.52. The molecule has 0 heterocycles. The maximum atomic E-state index is 11.1. The number of carbonyl (C=O) groups is 1. The molecule has 0 bridgehead atoms. The Kier molecular flexibility index (Phi) is 4.52. The Hall–Kier alpha value is -1.55. The third kappa shape index (κ3) is 4.44. The summed E-state index contributed by atoms with van der Waals surface area (Å²) in [5.74, 6) is 0.495. The van der Waals surface area contributed by atoms with Crippen LogP contribution >= 0.6 is 0 Å². The van der Waals surface area contributed by atoms with E-state index in [0.717, 1.165) is 11.3 Å². The molecule has 0 unspecified atom stereocenters. The van der Waals surface area contributed by atoms with Crippen molar-refractivity contribution < 1.29 is 14.3 Å². The molecule has 4 nitrogen and oxygen atoms in total. The van der Waals surface area contributed by atoms with Gasteiger partial charge in [-0.05, 0) is 31.5 Å². The number of carbonyl (C=O) groups excluding carboxylic acids is 1. The van der Waals surface area contributed by atoms with E-state index in [1.54, 1.807) is 0 Å². The average molecular weight is 237 g/mol. The number of rotatable bonds is 5. The maximum absolute atomic E-state index is 11.1. The van der Waals surface area contributed by atoms with E-state index < -0.39 is 0 Å². The van der Waals surface area contributed by atoms with Gasteiger partial charge in [-0.1, -0.05) is 12.1 Å². The molecule has 0 aromatic heterocycles. The van der Waals surface area contributed by atoms with Crippen LogP contribution in [0.1, 0.15) is 19.4 Å². The summed E-state index contributed by atoms with van der Waals surface area (Å²) in [4.78, 5) is 11.1. The van der Waals surface area contributed by atoms with E-state index in [2.05, 4.69) is 4.74 Å². The molecular weight excluding hydrogens is 218 g/mol. The first-order valence-corrected chi connectivity index (χ1v) is 5.52. The minimum atomic E-state index is -0.385. The van der Waals surface area contributed by atoms with Crippen LogP contribution in [0.3, 0.4) is 0 Å². The molecule has 0 aliphatic rings. The average Bonchev–Trinajstić information content (AvgIpc) is 2.31. The first-order chi connectivity index (χ1) is 7.96. The zero-order chi connectivity index (χ0) is 12.9. The summed E-state index contributed by atoms with van der Waals surface area (Å²) < 4.78 is 10.3. The Morgan fingerprint density at radius 2 is 1.88 bits per heavy atom. The summed E-state index contributed by atoms with van der Waals surface area (Å²) >= 11 is 0. The number of hydrogen-bond acceptors (Lipinski definition) is 4. The Balaban J connectivity index is 2.65. The van der Waals surface area contributed by atoms with Crippen LogP contribution in [0.15, 0.2) is 24.3 Å². The minimum Gasteiger partial charge on any atom is -0.487 e. The van der Waals surface area contributed by atoms with Crippen LogP contribution in [0.4, 0.5) is 0 Å². The van der Waals surface area contributed by atoms with Gasteiger partial charge >= 0.3 is 5.97 Å². The van der Waals surface area contributed by atoms with Crippen LogP contribution in [0, 0.1) is 0 Å². The van der Waals surface area contributed by atoms with Crippen LogP contribution in [0.2, 0.25) is 0 Å². The lowest BCUT2D eigenvalue weighted by atomic mass is 10.1. The highest BCUT2D eigenvalue weighted by atomic mass is 16.5. The second kappa shape index (κ2) is 5.68. The van der Waals surface area contributed by atoms with Gasteiger partial charge < -0.3 is 15.2 Å². The number of benzene rings is 1. The van der Waals surface area contributed by atoms with Gasteiger partial charge in [-0.2, -0.15) is 0 Å². The van der Waals surface area contributed by atoms with E-state index in [1.165, 1.54) is 7.11 Å². The molecule has 17 heavy (non-hydrogen) atoms. The van der Waals surface area contributed by atoms with Crippen molar-refractivity contribution in [2.75, 3.05) is 13.7 Å². The van der Waals surface area contributed by atoms with Gasteiger partial charge in [0.1, 0.15) is 11.4 Å². The van der Waals surface area contributed by atoms with Crippen molar-refractivity contribution in [1.82, 2.24) is 0 Å². The van der Waals surface area contributed by atoms with Crippen LogP contribution < -0.4 is 10.5 Å². The summed E-state index contributed by atoms with van der Waals surface area (Å²) in [6, 6.07) is 7.35. The molecule has 2 N–H and O–H groups in total. The lowest BCUT2D eigenvalue weighted by Gasteiger charge is -2.24. The molecule has 0 saturated heterocycles. The predicted molar refractivity (Wildman–Crippen MR) is 65.9 cm³/mol. The fourth-order valence-electron chi connectivity index (χ4n) is 1.27. The van der Waals surface area contributed by atoms with Crippen LogP contribution in [0.5, 0.6) is 5.75 Å². The van der Waals surface area contributed by atoms with E-state index in [-0.39, 0.29) is 18.0 Å². The first-order valence-electron chi connectivity index (χ1n) is 5.52. The van der Waals surface area contributed by atoms with Gasteiger partial charge in [-0.15, -0.1) is 0 Å². The molecule has 0 saturated carbocycles. The summed E-state index contributed by atoms with van der Waals surface area (Å²) in [7, 11) is 1.38. The normalized spacial score (nSPS) is 11.1. The summed E-state index contributed by atoms with van der Waals surface area (Å²) in [5, 5.41) is 0. The highest BCUT2D eigenvalue weighted by Gasteiger charge is 2.17. The molecule has 0 aliphatic heterocycles. The van der Waals surface area contributed by atoms with E-state index in [1.807, 2.05) is 38.1 Å². The van der Waals surface area contributed by atoms with Gasteiger partial charge in [0.2, 0.25) is 0 Å². The molecule has 0 amide bonds. The van der Waals surface area contributed by atoms with Gasteiger partial charge in [-0.3, -0.25) is 4.79 Å². The summed E-state index contributed by atoms with van der Waals surface area (Å²) in [6.45, 7) is 4.29. The van der Waals surface area contributed by atoms with Crippen molar-refractivity contribution in [3.05, 3.63) is 29.8 Å². The topological polar surface area (TPSA) is 61.5 Å². The van der Waals surface area contributed by atoms with Gasteiger partial charge in [0.25, 0.3) is 0 Å². The molecular formula is C13H19NO3. The maximum Gasteiger partial charge on any atom is 0.309 e. The van der Waals surface area contributed by atoms with Crippen molar-refractivity contribution >= 4 is 5.97 Å². The zero-order valence-electron chi connectivity index (χ0n) is 10.5. The Bertz CT molecular complexity index is 371. The Morgan fingerprint density at radius 3 is 2.35 bits per heavy atom. The second-order valence-corrected chi connectivity index (χ2v) is 4.46. The summed E-state index contributed by atoms with van der Waals surface area (Å²) in [5.41, 5.74) is 6.09. The lowest BCUT2D eigenvalue weighted by molar-refractivity contribution is -0.139. The van der Waals surface area contributed by atoms with Crippen LogP contribution in [0.25, 0.3) is 0 Å². The minimum absolute atomic E-state index is 0.249. The van der Waals surface area contributed by atoms with Crippen LogP contribution in [-0.4, -0.2) is 25.2 Å². The fourth-order valence-corrected chi connectivity index (χ4v) is 1.27. The largest absolute Gasteiger partial charge is 0.487 e. The highest BCUT2D eigenvalue weighted by Crippen LogP contribution is 2.18. The standard InChI is InChI=1S/C13H19NO3/c1-13(2,9-14)17-11-6-4-10(5-7-11)8-12(15)16-3/h4-7H,8-9,14H2,1-3H3. The number of hydrogen-bond donors (Lipinski definition) is 1. The molecule has 0 fully saturated rings. The Morgan fingerprint density at radius 1 is 1.29 bits per heavy atom. The molecule has 1 aromatic carbocycles. The zero-order valence-corrected chi connectivity index (χ0v) is 10.5. The quantitative estimate of drug-likeness (QED) is 0.789. The molecule has 0 atom stereocenters. The highest BCUT2D eigenvalue weighted by molar-refractivity contribution is 5.72. The van der Waals surface area contributed by atoms with Crippen LogP contribution in [-0.2, 0) is 16.0 Å². The monoisotopic (exact) mass is 237 g/mol. The van der Waals surface area contributed by atoms with E-state index in [0.29, 0.717) is 6.54 Å². The van der Waals surface area contributed by atoms with E-state index >= 15 is 0 Å². The van der Waals surface area contributed by atoms with Crippen molar-refractivity contribution in [1.29, 1.82) is 0 Å². The second-order valence-electron chi connectivity index (χ2n) is 4.46. The molecule has 94 valence electrons. The van der Waals surface area contributed by atoms with Gasteiger partial charge in [0.05, 0.1) is 13.5 Å². The molecule has 0 aliphatic carbocycles. The van der Waals surface area contributed by atoms with Gasteiger partial charge in [0, 0.05) is 6.54 Å². The lowest BCUT2D eigenvalue weighted by Crippen LogP contribution is -2.37.